The van der Waals surface area contributed by atoms with Crippen LogP contribution in [0.2, 0.25) is 0 Å². The van der Waals surface area contributed by atoms with Crippen molar-refractivity contribution in [2.24, 2.45) is 11.8 Å². The fraction of sp³-hybridized carbons (Fsp3) is 0.812. The van der Waals surface area contributed by atoms with Gasteiger partial charge in [0.2, 0.25) is 0 Å². The second-order valence-corrected chi connectivity index (χ2v) is 6.30. The molecule has 108 valence electrons. The Morgan fingerprint density at radius 1 is 1.37 bits per heavy atom. The Kier molecular flexibility index (Phi) is 5.44. The number of aromatic nitrogens is 2. The van der Waals surface area contributed by atoms with Crippen molar-refractivity contribution in [3.05, 3.63) is 18.0 Å². The molecule has 1 unspecified atom stereocenters. The second kappa shape index (κ2) is 7.09. The topological polar surface area (TPSA) is 29.9 Å². The van der Waals surface area contributed by atoms with E-state index in [9.17, 15) is 0 Å². The molecule has 0 bridgehead atoms. The number of nitrogens with one attached hydrogen (secondary N) is 1. The third-order valence-corrected chi connectivity index (χ3v) is 4.58. The van der Waals surface area contributed by atoms with E-state index in [-0.39, 0.29) is 0 Å². The van der Waals surface area contributed by atoms with Crippen LogP contribution in [-0.4, -0.2) is 16.3 Å². The first-order chi connectivity index (χ1) is 9.19. The van der Waals surface area contributed by atoms with Gasteiger partial charge >= 0.3 is 0 Å². The van der Waals surface area contributed by atoms with Crippen LogP contribution in [0.1, 0.15) is 64.6 Å². The maximum Gasteiger partial charge on any atom is 0.0762 e. The van der Waals surface area contributed by atoms with Gasteiger partial charge in [0.05, 0.1) is 5.69 Å². The molecule has 0 radical (unpaired) electrons. The van der Waals surface area contributed by atoms with Gasteiger partial charge in [-0.15, -0.1) is 0 Å². The van der Waals surface area contributed by atoms with Crippen LogP contribution in [0.15, 0.2) is 12.3 Å². The van der Waals surface area contributed by atoms with Crippen molar-refractivity contribution in [1.82, 2.24) is 15.1 Å². The minimum absolute atomic E-state index is 0.508. The van der Waals surface area contributed by atoms with Crippen molar-refractivity contribution in [3.8, 4) is 0 Å². The van der Waals surface area contributed by atoms with E-state index in [0.29, 0.717) is 6.04 Å². The number of hydrogen-bond acceptors (Lipinski definition) is 2. The molecule has 1 atom stereocenters. The molecule has 1 aromatic rings. The summed E-state index contributed by atoms with van der Waals surface area (Å²) in [5, 5.41) is 8.21. The van der Waals surface area contributed by atoms with E-state index in [4.69, 9.17) is 0 Å². The zero-order chi connectivity index (χ0) is 13.7. The Morgan fingerprint density at radius 3 is 2.79 bits per heavy atom. The molecule has 1 fully saturated rings. The molecule has 0 saturated heterocycles. The standard InChI is InChI=1S/C16H29N3/c1-4-14(3)19-10-9-16(18-19)12-17-11-15-7-5-13(2)6-8-15/h9-10,13-15,17H,4-8,11-12H2,1-3H3. The lowest BCUT2D eigenvalue weighted by atomic mass is 9.83. The van der Waals surface area contributed by atoms with Gasteiger partial charge in [-0.2, -0.15) is 5.10 Å². The molecule has 2 rings (SSSR count). The van der Waals surface area contributed by atoms with Gasteiger partial charge in [0.15, 0.2) is 0 Å². The third-order valence-electron chi connectivity index (χ3n) is 4.58. The van der Waals surface area contributed by atoms with Gasteiger partial charge in [0.1, 0.15) is 0 Å². The monoisotopic (exact) mass is 263 g/mol. The molecule has 1 saturated carbocycles. The summed E-state index contributed by atoms with van der Waals surface area (Å²) < 4.78 is 2.08. The molecule has 0 aliphatic heterocycles. The van der Waals surface area contributed by atoms with Crippen LogP contribution >= 0.6 is 0 Å². The Morgan fingerprint density at radius 2 is 2.11 bits per heavy atom. The first kappa shape index (κ1) is 14.6. The lowest BCUT2D eigenvalue weighted by molar-refractivity contribution is 0.281. The van der Waals surface area contributed by atoms with Gasteiger partial charge in [-0.25, -0.2) is 0 Å². The summed E-state index contributed by atoms with van der Waals surface area (Å²) in [5.41, 5.74) is 1.17. The van der Waals surface area contributed by atoms with E-state index in [0.717, 1.165) is 31.3 Å². The van der Waals surface area contributed by atoms with Crippen molar-refractivity contribution in [1.29, 1.82) is 0 Å². The van der Waals surface area contributed by atoms with Gasteiger partial charge < -0.3 is 5.32 Å². The first-order valence-corrected chi connectivity index (χ1v) is 7.93. The minimum atomic E-state index is 0.508. The van der Waals surface area contributed by atoms with E-state index in [1.807, 2.05) is 0 Å². The van der Waals surface area contributed by atoms with Crippen molar-refractivity contribution in [2.45, 2.75) is 65.5 Å². The number of hydrogen-bond donors (Lipinski definition) is 1. The fourth-order valence-electron chi connectivity index (χ4n) is 2.84. The van der Waals surface area contributed by atoms with Crippen molar-refractivity contribution in [2.75, 3.05) is 6.54 Å². The molecule has 0 spiro atoms. The molecule has 1 N–H and O–H groups in total. The Bertz CT molecular complexity index is 364. The van der Waals surface area contributed by atoms with Crippen LogP contribution in [-0.2, 0) is 6.54 Å². The lowest BCUT2D eigenvalue weighted by Gasteiger charge is -2.26. The van der Waals surface area contributed by atoms with Gasteiger partial charge in [0.25, 0.3) is 0 Å². The van der Waals surface area contributed by atoms with Crippen LogP contribution in [0.3, 0.4) is 0 Å². The quantitative estimate of drug-likeness (QED) is 0.846. The zero-order valence-electron chi connectivity index (χ0n) is 12.7. The van der Waals surface area contributed by atoms with E-state index < -0.39 is 0 Å². The summed E-state index contributed by atoms with van der Waals surface area (Å²) in [6.45, 7) is 8.87. The van der Waals surface area contributed by atoms with E-state index >= 15 is 0 Å². The molecule has 0 aromatic carbocycles. The molecular formula is C16H29N3. The third kappa shape index (κ3) is 4.34. The molecule has 3 heteroatoms. The molecule has 3 nitrogen and oxygen atoms in total. The number of rotatable bonds is 6. The van der Waals surface area contributed by atoms with Crippen molar-refractivity contribution < 1.29 is 0 Å². The van der Waals surface area contributed by atoms with Crippen molar-refractivity contribution >= 4 is 0 Å². The smallest absolute Gasteiger partial charge is 0.0762 e. The second-order valence-electron chi connectivity index (χ2n) is 6.30. The van der Waals surface area contributed by atoms with E-state index in [2.05, 4.69) is 48.1 Å². The molecule has 0 amide bonds. The Balaban J connectivity index is 1.69. The van der Waals surface area contributed by atoms with E-state index in [1.165, 1.54) is 31.4 Å². The van der Waals surface area contributed by atoms with Gasteiger partial charge in [-0.05, 0) is 50.6 Å². The van der Waals surface area contributed by atoms with Gasteiger partial charge in [-0.3, -0.25) is 4.68 Å². The van der Waals surface area contributed by atoms with E-state index in [1.54, 1.807) is 0 Å². The highest BCUT2D eigenvalue weighted by atomic mass is 15.3. The maximum absolute atomic E-state index is 4.63. The SMILES string of the molecule is CCC(C)n1ccc(CNCC2CCC(C)CC2)n1. The van der Waals surface area contributed by atoms with Crippen LogP contribution in [0.25, 0.3) is 0 Å². The van der Waals surface area contributed by atoms with Crippen LogP contribution in [0.4, 0.5) is 0 Å². The molecule has 1 aromatic heterocycles. The predicted octanol–water partition coefficient (Wildman–Crippen LogP) is 3.77. The Hall–Kier alpha value is -0.830. The van der Waals surface area contributed by atoms with Crippen LogP contribution < -0.4 is 5.32 Å². The lowest BCUT2D eigenvalue weighted by Crippen LogP contribution is -2.26. The average Bonchev–Trinajstić information content (AvgIpc) is 2.89. The predicted molar refractivity (Wildman–Crippen MR) is 80.1 cm³/mol. The average molecular weight is 263 g/mol. The summed E-state index contributed by atoms with van der Waals surface area (Å²) in [6.07, 6.45) is 8.86. The summed E-state index contributed by atoms with van der Waals surface area (Å²) in [4.78, 5) is 0. The summed E-state index contributed by atoms with van der Waals surface area (Å²) >= 11 is 0. The van der Waals surface area contributed by atoms with Crippen LogP contribution in [0.5, 0.6) is 0 Å². The molecule has 1 aliphatic carbocycles. The van der Waals surface area contributed by atoms with Gasteiger partial charge in [0, 0.05) is 18.8 Å². The van der Waals surface area contributed by atoms with Gasteiger partial charge in [-0.1, -0.05) is 26.7 Å². The largest absolute Gasteiger partial charge is 0.311 e. The number of nitrogens with zero attached hydrogens (tertiary/aromatic N) is 2. The van der Waals surface area contributed by atoms with Crippen LogP contribution in [0, 0.1) is 11.8 Å². The highest BCUT2D eigenvalue weighted by Gasteiger charge is 2.17. The van der Waals surface area contributed by atoms with Crippen molar-refractivity contribution in [3.63, 3.8) is 0 Å². The summed E-state index contributed by atoms with van der Waals surface area (Å²) in [5.74, 6) is 1.83. The maximum atomic E-state index is 4.63. The zero-order valence-corrected chi connectivity index (χ0v) is 12.7. The highest BCUT2D eigenvalue weighted by molar-refractivity contribution is 4.99. The summed E-state index contributed by atoms with van der Waals surface area (Å²) in [6, 6.07) is 2.65. The molecule has 19 heavy (non-hydrogen) atoms. The normalized spacial score (nSPS) is 25.4. The molecule has 1 heterocycles. The fourth-order valence-corrected chi connectivity index (χ4v) is 2.84. The minimum Gasteiger partial charge on any atom is -0.311 e. The molecular weight excluding hydrogens is 234 g/mol. The highest BCUT2D eigenvalue weighted by Crippen LogP contribution is 2.27. The molecule has 1 aliphatic rings. The Labute approximate surface area is 117 Å². The summed E-state index contributed by atoms with van der Waals surface area (Å²) in [7, 11) is 0. The first-order valence-electron chi connectivity index (χ1n) is 7.93.